The molecule has 4 rings (SSSR count). The quantitative estimate of drug-likeness (QED) is 0.434. The number of aromatic nitrogens is 1. The van der Waals surface area contributed by atoms with Crippen LogP contribution in [0.5, 0.6) is 5.75 Å². The lowest BCUT2D eigenvalue weighted by Crippen LogP contribution is -2.17. The monoisotopic (exact) mass is 456 g/mol. The second kappa shape index (κ2) is 8.52. The molecule has 0 unspecified atom stereocenters. The molecule has 9 heteroatoms. The number of methoxy groups -OCH3 is 1. The van der Waals surface area contributed by atoms with Gasteiger partial charge in [-0.3, -0.25) is 4.79 Å². The highest BCUT2D eigenvalue weighted by Gasteiger charge is 2.18. The van der Waals surface area contributed by atoms with Crippen molar-refractivity contribution in [2.45, 2.75) is 18.2 Å². The zero-order valence-corrected chi connectivity index (χ0v) is 18.5. The van der Waals surface area contributed by atoms with Crippen LogP contribution < -0.4 is 10.1 Å². The fraction of sp³-hybridized carbons (Fsp3) is 0.182. The normalized spacial score (nSPS) is 11.5. The van der Waals surface area contributed by atoms with Crippen molar-refractivity contribution in [2.24, 2.45) is 0 Å². The molecule has 2 aromatic carbocycles. The molecule has 4 aromatic rings. The van der Waals surface area contributed by atoms with E-state index < -0.39 is 15.7 Å². The summed E-state index contributed by atoms with van der Waals surface area (Å²) in [4.78, 5) is 16.9. The molecule has 0 saturated carbocycles. The van der Waals surface area contributed by atoms with E-state index in [1.807, 2.05) is 25.1 Å². The van der Waals surface area contributed by atoms with Gasteiger partial charge in [0, 0.05) is 23.3 Å². The standard InChI is InChI=1S/C22H20N2O5S2/c1-14-3-7-17(8-4-14)31(26,27)10-9-21(25)24-22-23-18(13-30-22)20-11-15-5-6-16(28-2)12-19(15)29-20/h3-8,11-13H,9-10H2,1-2H3,(H,23,24,25). The molecule has 0 aliphatic heterocycles. The number of amides is 1. The Bertz CT molecular complexity index is 1340. The lowest BCUT2D eigenvalue weighted by atomic mass is 10.2. The first-order valence-corrected chi connectivity index (χ1v) is 12.0. The molecule has 0 radical (unpaired) electrons. The van der Waals surface area contributed by atoms with E-state index in [-0.39, 0.29) is 17.1 Å². The van der Waals surface area contributed by atoms with Crippen molar-refractivity contribution in [1.29, 1.82) is 0 Å². The van der Waals surface area contributed by atoms with Crippen molar-refractivity contribution in [2.75, 3.05) is 18.2 Å². The van der Waals surface area contributed by atoms with E-state index in [0.29, 0.717) is 27.9 Å². The fourth-order valence-electron chi connectivity index (χ4n) is 2.98. The molecule has 0 bridgehead atoms. The molecule has 7 nitrogen and oxygen atoms in total. The third kappa shape index (κ3) is 4.78. The van der Waals surface area contributed by atoms with Gasteiger partial charge in [0.15, 0.2) is 20.7 Å². The van der Waals surface area contributed by atoms with E-state index in [1.165, 1.54) is 11.3 Å². The van der Waals surface area contributed by atoms with Crippen molar-refractivity contribution in [3.8, 4) is 17.2 Å². The highest BCUT2D eigenvalue weighted by Crippen LogP contribution is 2.32. The highest BCUT2D eigenvalue weighted by atomic mass is 32.2. The molecular weight excluding hydrogens is 436 g/mol. The molecular formula is C22H20N2O5S2. The first-order chi connectivity index (χ1) is 14.8. The molecule has 160 valence electrons. The predicted molar refractivity (Wildman–Crippen MR) is 120 cm³/mol. The minimum absolute atomic E-state index is 0.157. The minimum Gasteiger partial charge on any atom is -0.497 e. The van der Waals surface area contributed by atoms with E-state index in [1.54, 1.807) is 42.8 Å². The van der Waals surface area contributed by atoms with Gasteiger partial charge in [-0.05, 0) is 37.3 Å². The summed E-state index contributed by atoms with van der Waals surface area (Å²) in [5, 5.41) is 5.72. The van der Waals surface area contributed by atoms with E-state index in [2.05, 4.69) is 10.3 Å². The number of nitrogens with one attached hydrogen (secondary N) is 1. The molecule has 0 aliphatic carbocycles. The number of hydrogen-bond donors (Lipinski definition) is 1. The zero-order valence-electron chi connectivity index (χ0n) is 16.9. The van der Waals surface area contributed by atoms with E-state index in [4.69, 9.17) is 9.15 Å². The summed E-state index contributed by atoms with van der Waals surface area (Å²) in [5.74, 6) is 0.582. The average Bonchev–Trinajstić information content (AvgIpc) is 3.38. The number of fused-ring (bicyclic) bond motifs is 1. The van der Waals surface area contributed by atoms with Crippen LogP contribution in [0.1, 0.15) is 12.0 Å². The van der Waals surface area contributed by atoms with Crippen molar-refractivity contribution >= 4 is 43.2 Å². The first kappa shape index (κ1) is 21.1. The maximum absolute atomic E-state index is 12.4. The summed E-state index contributed by atoms with van der Waals surface area (Å²) >= 11 is 1.24. The number of carbonyl (C=O) groups excluding carboxylic acids is 1. The van der Waals surface area contributed by atoms with Gasteiger partial charge >= 0.3 is 0 Å². The number of ether oxygens (including phenoxy) is 1. The van der Waals surface area contributed by atoms with Crippen molar-refractivity contribution in [3.05, 3.63) is 59.5 Å². The highest BCUT2D eigenvalue weighted by molar-refractivity contribution is 7.91. The molecule has 1 N–H and O–H groups in total. The summed E-state index contributed by atoms with van der Waals surface area (Å²) in [6, 6.07) is 14.0. The number of thiazole rings is 1. The van der Waals surface area contributed by atoms with Gasteiger partial charge in [0.1, 0.15) is 17.0 Å². The van der Waals surface area contributed by atoms with E-state index >= 15 is 0 Å². The Labute approximate surface area is 183 Å². The Morgan fingerprint density at radius 2 is 1.94 bits per heavy atom. The number of aryl methyl sites for hydroxylation is 1. The van der Waals surface area contributed by atoms with Crippen LogP contribution in [0.15, 0.2) is 63.2 Å². The maximum Gasteiger partial charge on any atom is 0.227 e. The number of furan rings is 1. The second-order valence-corrected chi connectivity index (χ2v) is 9.95. The van der Waals surface area contributed by atoms with Crippen LogP contribution in [0.4, 0.5) is 5.13 Å². The molecule has 0 fully saturated rings. The molecule has 2 aromatic heterocycles. The van der Waals surface area contributed by atoms with Gasteiger partial charge in [0.2, 0.25) is 5.91 Å². The Morgan fingerprint density at radius 3 is 2.68 bits per heavy atom. The van der Waals surface area contributed by atoms with Crippen LogP contribution in [-0.4, -0.2) is 32.2 Å². The van der Waals surface area contributed by atoms with E-state index in [9.17, 15) is 13.2 Å². The summed E-state index contributed by atoms with van der Waals surface area (Å²) < 4.78 is 35.9. The molecule has 0 atom stereocenters. The van der Waals surface area contributed by atoms with Crippen molar-refractivity contribution in [3.63, 3.8) is 0 Å². The number of anilines is 1. The van der Waals surface area contributed by atoms with Crippen LogP contribution in [0.3, 0.4) is 0 Å². The predicted octanol–water partition coefficient (Wildman–Crippen LogP) is 4.68. The van der Waals surface area contributed by atoms with Crippen LogP contribution >= 0.6 is 11.3 Å². The molecule has 0 aliphatic rings. The minimum atomic E-state index is -3.53. The topological polar surface area (TPSA) is 98.5 Å². The Hall–Kier alpha value is -3.17. The number of hydrogen-bond acceptors (Lipinski definition) is 7. The number of benzene rings is 2. The van der Waals surface area contributed by atoms with Crippen LogP contribution in [0.2, 0.25) is 0 Å². The van der Waals surface area contributed by atoms with Crippen LogP contribution in [0.25, 0.3) is 22.4 Å². The first-order valence-electron chi connectivity index (χ1n) is 9.47. The largest absolute Gasteiger partial charge is 0.497 e. The second-order valence-electron chi connectivity index (χ2n) is 6.98. The third-order valence-electron chi connectivity index (χ3n) is 4.71. The number of carbonyl (C=O) groups is 1. The number of nitrogens with zero attached hydrogens (tertiary/aromatic N) is 1. The molecule has 1 amide bonds. The molecule has 0 saturated heterocycles. The average molecular weight is 457 g/mol. The lowest BCUT2D eigenvalue weighted by Gasteiger charge is -2.05. The van der Waals surface area contributed by atoms with Crippen molar-refractivity contribution in [1.82, 2.24) is 4.98 Å². The van der Waals surface area contributed by atoms with Gasteiger partial charge in [-0.15, -0.1) is 11.3 Å². The molecule has 31 heavy (non-hydrogen) atoms. The zero-order chi connectivity index (χ0) is 22.0. The van der Waals surface area contributed by atoms with Gasteiger partial charge in [-0.2, -0.15) is 0 Å². The van der Waals surface area contributed by atoms with Crippen molar-refractivity contribution < 1.29 is 22.4 Å². The Morgan fingerprint density at radius 1 is 1.16 bits per heavy atom. The summed E-state index contributed by atoms with van der Waals surface area (Å²) in [7, 11) is -1.94. The summed E-state index contributed by atoms with van der Waals surface area (Å²) in [6.45, 7) is 1.88. The smallest absolute Gasteiger partial charge is 0.227 e. The van der Waals surface area contributed by atoms with Gasteiger partial charge in [-0.1, -0.05) is 17.7 Å². The Kier molecular flexibility index (Phi) is 5.79. The van der Waals surface area contributed by atoms with Gasteiger partial charge in [0.25, 0.3) is 0 Å². The number of rotatable bonds is 7. The lowest BCUT2D eigenvalue weighted by molar-refractivity contribution is -0.115. The maximum atomic E-state index is 12.4. The SMILES string of the molecule is COc1ccc2cc(-c3csc(NC(=O)CCS(=O)(=O)c4ccc(C)cc4)n3)oc2c1. The summed E-state index contributed by atoms with van der Waals surface area (Å²) in [5.41, 5.74) is 2.23. The summed E-state index contributed by atoms with van der Waals surface area (Å²) in [6.07, 6.45) is -0.157. The third-order valence-corrected chi connectivity index (χ3v) is 7.20. The molecule has 2 heterocycles. The molecule has 0 spiro atoms. The van der Waals surface area contributed by atoms with Gasteiger partial charge in [0.05, 0.1) is 17.8 Å². The Balaban J connectivity index is 1.40. The van der Waals surface area contributed by atoms with Gasteiger partial charge < -0.3 is 14.5 Å². The fourth-order valence-corrected chi connectivity index (χ4v) is 4.94. The van der Waals surface area contributed by atoms with E-state index in [0.717, 1.165) is 10.9 Å². The van der Waals surface area contributed by atoms with Gasteiger partial charge in [-0.25, -0.2) is 13.4 Å². The number of sulfone groups is 1. The van der Waals surface area contributed by atoms with Crippen LogP contribution in [-0.2, 0) is 14.6 Å². The van der Waals surface area contributed by atoms with Crippen LogP contribution in [0, 0.1) is 6.92 Å².